The van der Waals surface area contributed by atoms with Gasteiger partial charge in [-0.2, -0.15) is 0 Å². The Bertz CT molecular complexity index is 386. The van der Waals surface area contributed by atoms with Gasteiger partial charge in [0.1, 0.15) is 16.8 Å². The van der Waals surface area contributed by atoms with E-state index in [9.17, 15) is 0 Å². The maximum Gasteiger partial charge on any atom is 0.137 e. The van der Waals surface area contributed by atoms with Gasteiger partial charge >= 0.3 is 0 Å². The molecule has 2 rings (SSSR count). The number of halogens is 1. The second-order valence-electron chi connectivity index (χ2n) is 4.90. The van der Waals surface area contributed by atoms with Gasteiger partial charge in [0.2, 0.25) is 0 Å². The van der Waals surface area contributed by atoms with Crippen molar-refractivity contribution in [3.8, 4) is 0 Å². The summed E-state index contributed by atoms with van der Waals surface area (Å²) >= 11 is 6.12. The number of aromatic nitrogens is 2. The minimum atomic E-state index is 0.540. The van der Waals surface area contributed by atoms with Gasteiger partial charge in [0.25, 0.3) is 0 Å². The highest BCUT2D eigenvalue weighted by atomic mass is 35.5. The molecule has 0 atom stereocenters. The summed E-state index contributed by atoms with van der Waals surface area (Å²) in [7, 11) is 0. The molecule has 1 aliphatic rings. The third-order valence-electron chi connectivity index (χ3n) is 2.72. The molecule has 1 N–H and O–H groups in total. The van der Waals surface area contributed by atoms with Crippen LogP contribution in [0, 0.1) is 12.8 Å². The number of hydrogen-bond acceptors (Lipinski definition) is 3. The minimum Gasteiger partial charge on any atom is -0.369 e. The molecule has 0 saturated heterocycles. The summed E-state index contributed by atoms with van der Waals surface area (Å²) in [6.07, 6.45) is 2.39. The molecular formula is C12H18ClN3. The Labute approximate surface area is 102 Å². The highest BCUT2D eigenvalue weighted by Crippen LogP contribution is 2.39. The Morgan fingerprint density at radius 1 is 1.38 bits per heavy atom. The normalized spacial score (nSPS) is 15.6. The first kappa shape index (κ1) is 11.6. The molecule has 0 radical (unpaired) electrons. The first-order chi connectivity index (χ1) is 7.58. The molecule has 0 spiro atoms. The van der Waals surface area contributed by atoms with E-state index in [1.54, 1.807) is 0 Å². The molecule has 0 aliphatic heterocycles. The van der Waals surface area contributed by atoms with E-state index in [1.165, 1.54) is 12.8 Å². The minimum absolute atomic E-state index is 0.540. The van der Waals surface area contributed by atoms with Crippen molar-refractivity contribution in [3.05, 3.63) is 16.5 Å². The van der Waals surface area contributed by atoms with E-state index in [0.29, 0.717) is 17.0 Å². The first-order valence-corrected chi connectivity index (χ1v) is 6.23. The quantitative estimate of drug-likeness (QED) is 0.819. The molecular weight excluding hydrogens is 222 g/mol. The second kappa shape index (κ2) is 4.58. The Balaban J connectivity index is 2.20. The average molecular weight is 240 g/mol. The van der Waals surface area contributed by atoms with Gasteiger partial charge in [-0.25, -0.2) is 9.97 Å². The molecule has 0 bridgehead atoms. The van der Waals surface area contributed by atoms with Gasteiger partial charge in [0.15, 0.2) is 0 Å². The van der Waals surface area contributed by atoms with Gasteiger partial charge in [-0.3, -0.25) is 0 Å². The van der Waals surface area contributed by atoms with Crippen molar-refractivity contribution in [2.75, 3.05) is 11.9 Å². The highest BCUT2D eigenvalue weighted by molar-refractivity contribution is 6.30. The van der Waals surface area contributed by atoms with Crippen LogP contribution in [0.4, 0.5) is 5.82 Å². The van der Waals surface area contributed by atoms with Crippen molar-refractivity contribution in [2.45, 2.75) is 39.5 Å². The van der Waals surface area contributed by atoms with E-state index < -0.39 is 0 Å². The summed E-state index contributed by atoms with van der Waals surface area (Å²) < 4.78 is 0. The molecule has 1 fully saturated rings. The Hall–Kier alpha value is -0.830. The van der Waals surface area contributed by atoms with E-state index >= 15 is 0 Å². The number of anilines is 1. The Kier molecular flexibility index (Phi) is 3.33. The second-order valence-corrected chi connectivity index (χ2v) is 5.25. The van der Waals surface area contributed by atoms with Crippen LogP contribution in [0.3, 0.4) is 0 Å². The summed E-state index contributed by atoms with van der Waals surface area (Å²) in [5, 5.41) is 3.93. The molecule has 0 amide bonds. The van der Waals surface area contributed by atoms with Gasteiger partial charge < -0.3 is 5.32 Å². The predicted octanol–water partition coefficient (Wildman–Crippen LogP) is 3.38. The lowest BCUT2D eigenvalue weighted by atomic mass is 10.2. The number of hydrogen-bond donors (Lipinski definition) is 1. The number of rotatable bonds is 4. The van der Waals surface area contributed by atoms with E-state index in [1.807, 2.05) is 6.92 Å². The zero-order valence-electron chi connectivity index (χ0n) is 10.0. The number of nitrogens with one attached hydrogen (secondary N) is 1. The number of nitrogens with zero attached hydrogens (tertiary/aromatic N) is 2. The van der Waals surface area contributed by atoms with Crippen molar-refractivity contribution in [1.29, 1.82) is 0 Å². The smallest absolute Gasteiger partial charge is 0.137 e. The van der Waals surface area contributed by atoms with Crippen LogP contribution < -0.4 is 5.32 Å². The van der Waals surface area contributed by atoms with Crippen LogP contribution >= 0.6 is 11.6 Å². The molecule has 0 aromatic carbocycles. The Morgan fingerprint density at radius 3 is 2.62 bits per heavy atom. The molecule has 16 heavy (non-hydrogen) atoms. The van der Waals surface area contributed by atoms with Gasteiger partial charge in [-0.05, 0) is 25.7 Å². The fraction of sp³-hybridized carbons (Fsp3) is 0.667. The van der Waals surface area contributed by atoms with Crippen molar-refractivity contribution in [3.63, 3.8) is 0 Å². The zero-order chi connectivity index (χ0) is 11.7. The van der Waals surface area contributed by atoms with E-state index in [0.717, 1.165) is 23.8 Å². The van der Waals surface area contributed by atoms with E-state index in [-0.39, 0.29) is 0 Å². The largest absolute Gasteiger partial charge is 0.369 e. The summed E-state index contributed by atoms with van der Waals surface area (Å²) in [5.41, 5.74) is 0.951. The van der Waals surface area contributed by atoms with Crippen LogP contribution in [0.5, 0.6) is 0 Å². The summed E-state index contributed by atoms with van der Waals surface area (Å²) in [4.78, 5) is 8.90. The first-order valence-electron chi connectivity index (χ1n) is 5.86. The van der Waals surface area contributed by atoms with Crippen molar-refractivity contribution in [2.24, 2.45) is 5.92 Å². The molecule has 1 aromatic rings. The topological polar surface area (TPSA) is 37.8 Å². The van der Waals surface area contributed by atoms with E-state index in [4.69, 9.17) is 11.6 Å². The van der Waals surface area contributed by atoms with Gasteiger partial charge in [-0.15, -0.1) is 0 Å². The van der Waals surface area contributed by atoms with Crippen molar-refractivity contribution in [1.82, 2.24) is 9.97 Å². The van der Waals surface area contributed by atoms with Crippen molar-refractivity contribution < 1.29 is 0 Å². The lowest BCUT2D eigenvalue weighted by Gasteiger charge is -2.12. The molecule has 3 nitrogen and oxygen atoms in total. The maximum absolute atomic E-state index is 6.12. The van der Waals surface area contributed by atoms with Crippen molar-refractivity contribution >= 4 is 17.4 Å². The van der Waals surface area contributed by atoms with Gasteiger partial charge in [-0.1, -0.05) is 25.4 Å². The summed E-state index contributed by atoms with van der Waals surface area (Å²) in [6.45, 7) is 7.22. The molecule has 88 valence electrons. The third-order valence-corrected chi connectivity index (χ3v) is 3.09. The molecule has 1 aromatic heterocycles. The van der Waals surface area contributed by atoms with Gasteiger partial charge in [0, 0.05) is 18.0 Å². The molecule has 0 unspecified atom stereocenters. The summed E-state index contributed by atoms with van der Waals surface area (Å²) in [5.74, 6) is 2.94. The highest BCUT2D eigenvalue weighted by Gasteiger charge is 2.27. The molecule has 1 heterocycles. The van der Waals surface area contributed by atoms with Crippen LogP contribution in [0.2, 0.25) is 5.15 Å². The lowest BCUT2D eigenvalue weighted by molar-refractivity contribution is 0.685. The molecule has 1 saturated carbocycles. The third kappa shape index (κ3) is 2.64. The fourth-order valence-electron chi connectivity index (χ4n) is 1.50. The SMILES string of the molecule is Cc1c(Cl)nc(C2CC2)nc1NCC(C)C. The standard InChI is InChI=1S/C12H18ClN3/c1-7(2)6-14-11-8(3)10(13)15-12(16-11)9-4-5-9/h7,9H,4-6H2,1-3H3,(H,14,15,16). The monoisotopic (exact) mass is 239 g/mol. The lowest BCUT2D eigenvalue weighted by Crippen LogP contribution is -2.12. The predicted molar refractivity (Wildman–Crippen MR) is 67.1 cm³/mol. The summed E-state index contributed by atoms with van der Waals surface area (Å²) in [6, 6.07) is 0. The fourth-order valence-corrected chi connectivity index (χ4v) is 1.68. The van der Waals surface area contributed by atoms with Crippen LogP contribution in [-0.4, -0.2) is 16.5 Å². The van der Waals surface area contributed by atoms with Crippen LogP contribution in [-0.2, 0) is 0 Å². The molecule has 4 heteroatoms. The van der Waals surface area contributed by atoms with Crippen LogP contribution in [0.15, 0.2) is 0 Å². The average Bonchev–Trinajstić information content (AvgIpc) is 3.03. The maximum atomic E-state index is 6.12. The zero-order valence-corrected chi connectivity index (χ0v) is 10.8. The van der Waals surface area contributed by atoms with Gasteiger partial charge in [0.05, 0.1) is 0 Å². The van der Waals surface area contributed by atoms with Crippen LogP contribution in [0.1, 0.15) is 44.0 Å². The van der Waals surface area contributed by atoms with E-state index in [2.05, 4.69) is 29.1 Å². The Morgan fingerprint density at radius 2 is 2.06 bits per heavy atom. The van der Waals surface area contributed by atoms with Crippen LogP contribution in [0.25, 0.3) is 0 Å². The molecule has 1 aliphatic carbocycles.